The summed E-state index contributed by atoms with van der Waals surface area (Å²) in [5.74, 6) is 1.57. The summed E-state index contributed by atoms with van der Waals surface area (Å²) in [6, 6.07) is 17.2. The third kappa shape index (κ3) is 7.05. The van der Waals surface area contributed by atoms with Crippen LogP contribution < -0.4 is 19.5 Å². The minimum Gasteiger partial charge on any atom is -0.497 e. The summed E-state index contributed by atoms with van der Waals surface area (Å²) in [5, 5.41) is 14.2. The van der Waals surface area contributed by atoms with Crippen LogP contribution in [0.2, 0.25) is 0 Å². The first-order chi connectivity index (χ1) is 18.9. The molecule has 1 saturated heterocycles. The molecular weight excluding hydrogens is 518 g/mol. The molecule has 3 aromatic carbocycles. The Labute approximate surface area is 230 Å². The van der Waals surface area contributed by atoms with Crippen LogP contribution in [0, 0.1) is 10.1 Å². The normalized spacial score (nSPS) is 14.8. The number of hydrogen-bond acceptors (Lipinski definition) is 8. The number of thioether (sulfide) groups is 1. The number of nitro benzene ring substituents is 1. The van der Waals surface area contributed by atoms with Gasteiger partial charge in [-0.3, -0.25) is 14.9 Å². The number of hydrogen-bond donors (Lipinski definition) is 1. The van der Waals surface area contributed by atoms with Gasteiger partial charge >= 0.3 is 0 Å². The minimum absolute atomic E-state index is 0.0181. The van der Waals surface area contributed by atoms with E-state index in [9.17, 15) is 14.9 Å². The van der Waals surface area contributed by atoms with Crippen LogP contribution in [0.4, 0.5) is 11.4 Å². The zero-order valence-corrected chi connectivity index (χ0v) is 22.3. The lowest BCUT2D eigenvalue weighted by Crippen LogP contribution is -2.19. The van der Waals surface area contributed by atoms with Gasteiger partial charge < -0.3 is 19.5 Å². The second-order valence-electron chi connectivity index (χ2n) is 8.33. The number of aliphatic imine (C=N–C) groups is 1. The Hall–Kier alpha value is -4.57. The molecule has 1 N–H and O–H groups in total. The monoisotopic (exact) mass is 545 g/mol. The molecule has 1 aliphatic rings. The SMILES string of the molecule is C=CCc1cc(/C=C2/SC(=Nc3ccc(OC)cc3)NC2=O)cc(OCC)c1OCc1ccc([N+](=O)[O-])cc1. The van der Waals surface area contributed by atoms with Gasteiger partial charge in [0.25, 0.3) is 11.6 Å². The van der Waals surface area contributed by atoms with Crippen LogP contribution in [0.25, 0.3) is 6.08 Å². The number of allylic oxidation sites excluding steroid dienone is 1. The fourth-order valence-corrected chi connectivity index (χ4v) is 4.62. The Morgan fingerprint density at radius 3 is 2.49 bits per heavy atom. The first-order valence-corrected chi connectivity index (χ1v) is 12.9. The predicted molar refractivity (Wildman–Crippen MR) is 153 cm³/mol. The Balaban J connectivity index is 1.58. The maximum atomic E-state index is 12.7. The van der Waals surface area contributed by atoms with Gasteiger partial charge in [-0.2, -0.15) is 0 Å². The summed E-state index contributed by atoms with van der Waals surface area (Å²) in [5.41, 5.74) is 3.09. The molecule has 1 heterocycles. The van der Waals surface area contributed by atoms with Crippen molar-refractivity contribution in [3.63, 3.8) is 0 Å². The van der Waals surface area contributed by atoms with E-state index in [4.69, 9.17) is 14.2 Å². The van der Waals surface area contributed by atoms with E-state index in [1.165, 1.54) is 23.9 Å². The van der Waals surface area contributed by atoms with Gasteiger partial charge in [-0.15, -0.1) is 6.58 Å². The molecule has 0 atom stereocenters. The fraction of sp³-hybridized carbons (Fsp3) is 0.172. The van der Waals surface area contributed by atoms with Crippen LogP contribution in [0.3, 0.4) is 0 Å². The predicted octanol–water partition coefficient (Wildman–Crippen LogP) is 6.20. The maximum absolute atomic E-state index is 12.7. The number of carbonyl (C=O) groups excluding carboxylic acids is 1. The number of carbonyl (C=O) groups is 1. The summed E-state index contributed by atoms with van der Waals surface area (Å²) < 4.78 is 17.2. The zero-order chi connectivity index (χ0) is 27.8. The fourth-order valence-electron chi connectivity index (χ4n) is 3.78. The van der Waals surface area contributed by atoms with Crippen LogP contribution in [-0.2, 0) is 17.8 Å². The number of amidine groups is 1. The Morgan fingerprint density at radius 2 is 1.85 bits per heavy atom. The molecule has 39 heavy (non-hydrogen) atoms. The molecule has 3 aromatic rings. The maximum Gasteiger partial charge on any atom is 0.269 e. The highest BCUT2D eigenvalue weighted by molar-refractivity contribution is 8.18. The summed E-state index contributed by atoms with van der Waals surface area (Å²) in [6.45, 7) is 6.34. The molecule has 0 saturated carbocycles. The quantitative estimate of drug-likeness (QED) is 0.132. The van der Waals surface area contributed by atoms with Crippen LogP contribution in [0.15, 0.2) is 83.2 Å². The molecule has 0 aliphatic carbocycles. The van der Waals surface area contributed by atoms with E-state index in [0.29, 0.717) is 40.3 Å². The van der Waals surface area contributed by atoms with E-state index in [1.54, 1.807) is 43.5 Å². The van der Waals surface area contributed by atoms with Crippen molar-refractivity contribution in [1.82, 2.24) is 5.32 Å². The highest BCUT2D eigenvalue weighted by Crippen LogP contribution is 2.37. The lowest BCUT2D eigenvalue weighted by molar-refractivity contribution is -0.384. The van der Waals surface area contributed by atoms with Gasteiger partial charge in [0.1, 0.15) is 12.4 Å². The summed E-state index contributed by atoms with van der Waals surface area (Å²) in [6.07, 6.45) is 4.05. The largest absolute Gasteiger partial charge is 0.497 e. The third-order valence-electron chi connectivity index (χ3n) is 5.60. The lowest BCUT2D eigenvalue weighted by Gasteiger charge is -2.17. The van der Waals surface area contributed by atoms with Gasteiger partial charge in [-0.25, -0.2) is 4.99 Å². The molecule has 1 aliphatic heterocycles. The van der Waals surface area contributed by atoms with Crippen molar-refractivity contribution in [2.75, 3.05) is 13.7 Å². The summed E-state index contributed by atoms with van der Waals surface area (Å²) in [7, 11) is 1.60. The first-order valence-electron chi connectivity index (χ1n) is 12.1. The highest BCUT2D eigenvalue weighted by atomic mass is 32.2. The molecule has 200 valence electrons. The third-order valence-corrected chi connectivity index (χ3v) is 6.51. The minimum atomic E-state index is -0.440. The number of methoxy groups -OCH3 is 1. The van der Waals surface area contributed by atoms with Crippen molar-refractivity contribution < 1.29 is 23.9 Å². The second-order valence-corrected chi connectivity index (χ2v) is 9.36. The van der Waals surface area contributed by atoms with E-state index in [2.05, 4.69) is 16.9 Å². The number of ether oxygens (including phenoxy) is 3. The summed E-state index contributed by atoms with van der Waals surface area (Å²) >= 11 is 1.25. The van der Waals surface area contributed by atoms with Gasteiger partial charge in [0, 0.05) is 17.7 Å². The molecular formula is C29H27N3O6S. The standard InChI is InChI=1S/C29H27N3O6S/c1-4-6-21-15-20(17-26-28(33)31-29(39-26)30-22-9-13-24(36-3)14-10-22)16-25(37-5-2)27(21)38-18-19-7-11-23(12-8-19)32(34)35/h4,7-17H,1,5-6,18H2,2-3H3,(H,30,31,33)/b26-17+. The average molecular weight is 546 g/mol. The van der Waals surface area contributed by atoms with Crippen molar-refractivity contribution >= 4 is 40.3 Å². The molecule has 0 unspecified atom stereocenters. The average Bonchev–Trinajstić information content (AvgIpc) is 3.27. The number of benzene rings is 3. The Kier molecular flexibility index (Phi) is 9.01. The molecule has 0 radical (unpaired) electrons. The number of amides is 1. The second kappa shape index (κ2) is 12.8. The molecule has 10 heteroatoms. The van der Waals surface area contributed by atoms with E-state index >= 15 is 0 Å². The zero-order valence-electron chi connectivity index (χ0n) is 21.5. The van der Waals surface area contributed by atoms with Gasteiger partial charge in [0.05, 0.1) is 29.2 Å². The molecule has 4 rings (SSSR count). The molecule has 0 aromatic heterocycles. The van der Waals surface area contributed by atoms with E-state index in [1.807, 2.05) is 31.2 Å². The van der Waals surface area contributed by atoms with Gasteiger partial charge in [0.2, 0.25) is 0 Å². The lowest BCUT2D eigenvalue weighted by atomic mass is 10.0. The number of nitro groups is 1. The molecule has 1 fully saturated rings. The van der Waals surface area contributed by atoms with Gasteiger partial charge in [-0.05, 0) is 90.8 Å². The van der Waals surface area contributed by atoms with Crippen LogP contribution in [0.1, 0.15) is 23.6 Å². The van der Waals surface area contributed by atoms with E-state index in [-0.39, 0.29) is 18.2 Å². The van der Waals surface area contributed by atoms with Crippen LogP contribution in [0.5, 0.6) is 17.2 Å². The van der Waals surface area contributed by atoms with Crippen molar-refractivity contribution in [2.24, 2.45) is 4.99 Å². The molecule has 0 bridgehead atoms. The first kappa shape index (κ1) is 27.5. The van der Waals surface area contributed by atoms with Crippen molar-refractivity contribution in [1.29, 1.82) is 0 Å². The van der Waals surface area contributed by atoms with Crippen LogP contribution >= 0.6 is 11.8 Å². The Bertz CT molecular complexity index is 1430. The number of nitrogens with one attached hydrogen (secondary N) is 1. The molecule has 1 amide bonds. The smallest absolute Gasteiger partial charge is 0.269 e. The van der Waals surface area contributed by atoms with E-state index < -0.39 is 4.92 Å². The topological polar surface area (TPSA) is 112 Å². The van der Waals surface area contributed by atoms with Crippen molar-refractivity contribution in [3.8, 4) is 17.2 Å². The number of nitrogens with zero attached hydrogens (tertiary/aromatic N) is 2. The van der Waals surface area contributed by atoms with Crippen LogP contribution in [-0.4, -0.2) is 29.7 Å². The van der Waals surface area contributed by atoms with Crippen molar-refractivity contribution in [2.45, 2.75) is 20.0 Å². The molecule has 9 nitrogen and oxygen atoms in total. The van der Waals surface area contributed by atoms with Gasteiger partial charge in [0.15, 0.2) is 16.7 Å². The Morgan fingerprint density at radius 1 is 1.10 bits per heavy atom. The van der Waals surface area contributed by atoms with Gasteiger partial charge in [-0.1, -0.05) is 6.08 Å². The van der Waals surface area contributed by atoms with E-state index in [0.717, 1.165) is 22.4 Å². The highest BCUT2D eigenvalue weighted by Gasteiger charge is 2.24. The number of rotatable bonds is 11. The number of non-ortho nitro benzene ring substituents is 1. The molecule has 0 spiro atoms. The van der Waals surface area contributed by atoms with Crippen molar-refractivity contribution in [3.05, 3.63) is 105 Å². The summed E-state index contributed by atoms with van der Waals surface area (Å²) in [4.78, 5) is 28.2.